The SMILES string of the molecule is CC(C)(C)OC(=O)NC/C=C/CNC1CCC1. The molecule has 1 fully saturated rings. The van der Waals surface area contributed by atoms with Gasteiger partial charge in [0.2, 0.25) is 0 Å². The third-order valence-corrected chi connectivity index (χ3v) is 2.56. The lowest BCUT2D eigenvalue weighted by molar-refractivity contribution is 0.0534. The highest BCUT2D eigenvalue weighted by Crippen LogP contribution is 2.17. The highest BCUT2D eigenvalue weighted by atomic mass is 16.6. The van der Waals surface area contributed by atoms with Crippen molar-refractivity contribution < 1.29 is 9.53 Å². The van der Waals surface area contributed by atoms with E-state index < -0.39 is 5.60 Å². The highest BCUT2D eigenvalue weighted by molar-refractivity contribution is 5.67. The molecule has 17 heavy (non-hydrogen) atoms. The van der Waals surface area contributed by atoms with E-state index >= 15 is 0 Å². The minimum absolute atomic E-state index is 0.367. The van der Waals surface area contributed by atoms with Crippen LogP contribution in [0.3, 0.4) is 0 Å². The van der Waals surface area contributed by atoms with Gasteiger partial charge < -0.3 is 15.4 Å². The average Bonchev–Trinajstić information content (AvgIpc) is 2.10. The van der Waals surface area contributed by atoms with Gasteiger partial charge in [0, 0.05) is 19.1 Å². The van der Waals surface area contributed by atoms with Gasteiger partial charge in [0.25, 0.3) is 0 Å². The largest absolute Gasteiger partial charge is 0.444 e. The summed E-state index contributed by atoms with van der Waals surface area (Å²) in [4.78, 5) is 11.3. The van der Waals surface area contributed by atoms with Crippen LogP contribution in [0.4, 0.5) is 4.79 Å². The Morgan fingerprint density at radius 2 is 1.94 bits per heavy atom. The zero-order valence-electron chi connectivity index (χ0n) is 11.1. The van der Waals surface area contributed by atoms with E-state index in [0.717, 1.165) is 6.54 Å². The van der Waals surface area contributed by atoms with E-state index in [2.05, 4.69) is 10.6 Å². The van der Waals surface area contributed by atoms with Gasteiger partial charge in [0.05, 0.1) is 0 Å². The molecule has 4 nitrogen and oxygen atoms in total. The summed E-state index contributed by atoms with van der Waals surface area (Å²) in [5, 5.41) is 6.09. The molecule has 1 rings (SSSR count). The maximum atomic E-state index is 11.3. The summed E-state index contributed by atoms with van der Waals surface area (Å²) in [5.74, 6) is 0. The molecule has 1 saturated carbocycles. The van der Waals surface area contributed by atoms with Crippen LogP contribution in [0.25, 0.3) is 0 Å². The third-order valence-electron chi connectivity index (χ3n) is 2.56. The first-order valence-corrected chi connectivity index (χ1v) is 6.32. The lowest BCUT2D eigenvalue weighted by atomic mass is 9.93. The Morgan fingerprint density at radius 1 is 1.29 bits per heavy atom. The van der Waals surface area contributed by atoms with Gasteiger partial charge in [-0.15, -0.1) is 0 Å². The zero-order valence-corrected chi connectivity index (χ0v) is 11.1. The number of ether oxygens (including phenoxy) is 1. The first kappa shape index (κ1) is 14.0. The van der Waals surface area contributed by atoms with Crippen LogP contribution in [-0.2, 0) is 4.74 Å². The van der Waals surface area contributed by atoms with Gasteiger partial charge in [-0.05, 0) is 33.6 Å². The summed E-state index contributed by atoms with van der Waals surface area (Å²) in [6, 6.07) is 0.707. The van der Waals surface area contributed by atoms with Crippen molar-refractivity contribution in [2.45, 2.75) is 51.7 Å². The van der Waals surface area contributed by atoms with Gasteiger partial charge in [-0.1, -0.05) is 18.6 Å². The standard InChI is InChI=1S/C13H24N2O2/c1-13(2,3)17-12(16)15-10-5-4-9-14-11-7-6-8-11/h4-5,11,14H,6-10H2,1-3H3,(H,15,16)/b5-4+. The van der Waals surface area contributed by atoms with Crippen LogP contribution in [0.15, 0.2) is 12.2 Å². The second kappa shape index (κ2) is 6.64. The van der Waals surface area contributed by atoms with Crippen LogP contribution in [0.1, 0.15) is 40.0 Å². The van der Waals surface area contributed by atoms with Gasteiger partial charge in [-0.25, -0.2) is 4.79 Å². The highest BCUT2D eigenvalue weighted by Gasteiger charge is 2.15. The Balaban J connectivity index is 1.98. The summed E-state index contributed by atoms with van der Waals surface area (Å²) in [5.41, 5.74) is -0.431. The molecule has 2 N–H and O–H groups in total. The van der Waals surface area contributed by atoms with Crippen LogP contribution >= 0.6 is 0 Å². The molecular weight excluding hydrogens is 216 g/mol. The van der Waals surface area contributed by atoms with Gasteiger partial charge in [0.1, 0.15) is 5.60 Å². The van der Waals surface area contributed by atoms with Gasteiger partial charge in [-0.2, -0.15) is 0 Å². The molecule has 0 unspecified atom stereocenters. The van der Waals surface area contributed by atoms with E-state index in [0.29, 0.717) is 12.6 Å². The molecule has 0 spiro atoms. The molecule has 4 heteroatoms. The smallest absolute Gasteiger partial charge is 0.407 e. The first-order valence-electron chi connectivity index (χ1n) is 6.32. The van der Waals surface area contributed by atoms with Crippen molar-refractivity contribution in [3.63, 3.8) is 0 Å². The summed E-state index contributed by atoms with van der Waals surface area (Å²) < 4.78 is 5.11. The monoisotopic (exact) mass is 240 g/mol. The third kappa shape index (κ3) is 7.00. The summed E-state index contributed by atoms with van der Waals surface area (Å²) in [6.07, 6.45) is 7.55. The average molecular weight is 240 g/mol. The van der Waals surface area contributed by atoms with Crippen LogP contribution in [-0.4, -0.2) is 30.8 Å². The molecule has 0 aromatic carbocycles. The molecule has 0 heterocycles. The van der Waals surface area contributed by atoms with Gasteiger partial charge >= 0.3 is 6.09 Å². The number of carbonyl (C=O) groups excluding carboxylic acids is 1. The number of amides is 1. The van der Waals surface area contributed by atoms with Crippen LogP contribution in [0.5, 0.6) is 0 Å². The lowest BCUT2D eigenvalue weighted by Crippen LogP contribution is -2.35. The maximum Gasteiger partial charge on any atom is 0.407 e. The Hall–Kier alpha value is -1.03. The second-order valence-corrected chi connectivity index (χ2v) is 5.39. The molecule has 0 aromatic rings. The molecule has 1 aliphatic rings. The zero-order chi connectivity index (χ0) is 12.7. The number of carbonyl (C=O) groups is 1. The van der Waals surface area contributed by atoms with Crippen molar-refractivity contribution in [3.05, 3.63) is 12.2 Å². The quantitative estimate of drug-likeness (QED) is 0.724. The summed E-state index contributed by atoms with van der Waals surface area (Å²) in [6.45, 7) is 6.95. The fourth-order valence-electron chi connectivity index (χ4n) is 1.47. The van der Waals surface area contributed by atoms with Crippen molar-refractivity contribution in [2.75, 3.05) is 13.1 Å². The maximum absolute atomic E-state index is 11.3. The minimum Gasteiger partial charge on any atom is -0.444 e. The van der Waals surface area contributed by atoms with E-state index in [1.807, 2.05) is 32.9 Å². The Kier molecular flexibility index (Phi) is 5.48. The molecule has 0 atom stereocenters. The minimum atomic E-state index is -0.431. The number of nitrogens with one attached hydrogen (secondary N) is 2. The van der Waals surface area contributed by atoms with E-state index in [1.54, 1.807) is 0 Å². The van der Waals surface area contributed by atoms with Crippen molar-refractivity contribution in [1.29, 1.82) is 0 Å². The Morgan fingerprint density at radius 3 is 2.47 bits per heavy atom. The van der Waals surface area contributed by atoms with Crippen molar-refractivity contribution in [1.82, 2.24) is 10.6 Å². The van der Waals surface area contributed by atoms with Gasteiger partial charge in [-0.3, -0.25) is 0 Å². The van der Waals surface area contributed by atoms with E-state index in [4.69, 9.17) is 4.74 Å². The molecule has 0 aliphatic heterocycles. The van der Waals surface area contributed by atoms with Crippen LogP contribution in [0, 0.1) is 0 Å². The molecule has 0 saturated heterocycles. The number of hydrogen-bond donors (Lipinski definition) is 2. The second-order valence-electron chi connectivity index (χ2n) is 5.39. The van der Waals surface area contributed by atoms with Crippen LogP contribution < -0.4 is 10.6 Å². The Bertz CT molecular complexity index is 265. The van der Waals surface area contributed by atoms with Crippen LogP contribution in [0.2, 0.25) is 0 Å². The van der Waals surface area contributed by atoms with E-state index in [9.17, 15) is 4.79 Å². The molecule has 0 radical (unpaired) electrons. The van der Waals surface area contributed by atoms with Crippen molar-refractivity contribution in [2.24, 2.45) is 0 Å². The van der Waals surface area contributed by atoms with E-state index in [-0.39, 0.29) is 6.09 Å². The van der Waals surface area contributed by atoms with Gasteiger partial charge in [0.15, 0.2) is 0 Å². The Labute approximate surface area is 104 Å². The summed E-state index contributed by atoms with van der Waals surface area (Å²) >= 11 is 0. The molecule has 1 amide bonds. The first-order chi connectivity index (χ1) is 7.97. The molecule has 0 aromatic heterocycles. The topological polar surface area (TPSA) is 50.4 Å². The summed E-state index contributed by atoms with van der Waals surface area (Å²) in [7, 11) is 0. The molecule has 98 valence electrons. The fraction of sp³-hybridized carbons (Fsp3) is 0.769. The van der Waals surface area contributed by atoms with Crippen molar-refractivity contribution >= 4 is 6.09 Å². The predicted molar refractivity (Wildman–Crippen MR) is 69.0 cm³/mol. The van der Waals surface area contributed by atoms with Crippen molar-refractivity contribution in [3.8, 4) is 0 Å². The molecule has 1 aliphatic carbocycles. The van der Waals surface area contributed by atoms with E-state index in [1.165, 1.54) is 19.3 Å². The predicted octanol–water partition coefficient (Wildman–Crippen LogP) is 2.21. The fourth-order valence-corrected chi connectivity index (χ4v) is 1.47. The molecular formula is C13H24N2O2. The number of alkyl carbamates (subject to hydrolysis) is 1. The number of rotatable bonds is 5. The lowest BCUT2D eigenvalue weighted by Gasteiger charge is -2.25. The number of hydrogen-bond acceptors (Lipinski definition) is 3. The molecule has 0 bridgehead atoms. The normalized spacial score (nSPS) is 16.9.